The van der Waals surface area contributed by atoms with Crippen molar-refractivity contribution in [2.45, 2.75) is 6.43 Å². The summed E-state index contributed by atoms with van der Waals surface area (Å²) in [5.74, 6) is 0.703. The molecule has 0 aliphatic heterocycles. The Morgan fingerprint density at radius 2 is 1.86 bits per heavy atom. The van der Waals surface area contributed by atoms with Gasteiger partial charge >= 0.3 is 0 Å². The first-order chi connectivity index (χ1) is 6.60. The van der Waals surface area contributed by atoms with E-state index in [1.807, 2.05) is 0 Å². The summed E-state index contributed by atoms with van der Waals surface area (Å²) in [7, 11) is 2.85. The lowest BCUT2D eigenvalue weighted by molar-refractivity contribution is 0.150. The molecule has 0 fully saturated rings. The van der Waals surface area contributed by atoms with Crippen LogP contribution in [-0.2, 0) is 0 Å². The second-order valence-electron chi connectivity index (χ2n) is 2.54. The van der Waals surface area contributed by atoms with Crippen LogP contribution in [0.5, 0.6) is 11.5 Å². The monoisotopic (exact) mass is 266 g/mol. The first-order valence-corrected chi connectivity index (χ1v) is 4.59. The first-order valence-electron chi connectivity index (χ1n) is 3.79. The van der Waals surface area contributed by atoms with E-state index in [2.05, 4.69) is 15.9 Å². The zero-order chi connectivity index (χ0) is 10.7. The SMILES string of the molecule is COc1cc(C(F)F)cc(Br)c1OC. The van der Waals surface area contributed by atoms with Crippen molar-refractivity contribution in [3.8, 4) is 11.5 Å². The van der Waals surface area contributed by atoms with Crippen LogP contribution < -0.4 is 9.47 Å². The van der Waals surface area contributed by atoms with E-state index in [9.17, 15) is 8.78 Å². The molecule has 0 unspecified atom stereocenters. The molecule has 0 amide bonds. The lowest BCUT2D eigenvalue weighted by atomic mass is 10.2. The van der Waals surface area contributed by atoms with Crippen LogP contribution >= 0.6 is 15.9 Å². The van der Waals surface area contributed by atoms with Gasteiger partial charge in [-0.3, -0.25) is 0 Å². The molecule has 0 saturated heterocycles. The number of methoxy groups -OCH3 is 2. The molecule has 5 heteroatoms. The summed E-state index contributed by atoms with van der Waals surface area (Å²) in [6.45, 7) is 0. The topological polar surface area (TPSA) is 18.5 Å². The highest BCUT2D eigenvalue weighted by molar-refractivity contribution is 9.10. The summed E-state index contributed by atoms with van der Waals surface area (Å²) in [6, 6.07) is 2.57. The van der Waals surface area contributed by atoms with Gasteiger partial charge in [0.25, 0.3) is 6.43 Å². The average Bonchev–Trinajstić information content (AvgIpc) is 2.16. The molecule has 0 N–H and O–H groups in total. The molecular weight excluding hydrogens is 258 g/mol. The van der Waals surface area contributed by atoms with E-state index in [0.717, 1.165) is 0 Å². The van der Waals surface area contributed by atoms with Gasteiger partial charge in [0.15, 0.2) is 11.5 Å². The molecule has 1 rings (SSSR count). The zero-order valence-corrected chi connectivity index (χ0v) is 9.27. The highest BCUT2D eigenvalue weighted by Crippen LogP contribution is 2.38. The molecule has 0 bridgehead atoms. The van der Waals surface area contributed by atoms with Crippen molar-refractivity contribution in [2.24, 2.45) is 0 Å². The number of benzene rings is 1. The van der Waals surface area contributed by atoms with Gasteiger partial charge in [0.05, 0.1) is 18.7 Å². The van der Waals surface area contributed by atoms with Crippen LogP contribution in [0, 0.1) is 0 Å². The van der Waals surface area contributed by atoms with Crippen LogP contribution in [0.2, 0.25) is 0 Å². The van der Waals surface area contributed by atoms with Crippen LogP contribution in [0.3, 0.4) is 0 Å². The number of ether oxygens (including phenoxy) is 2. The smallest absolute Gasteiger partial charge is 0.264 e. The van der Waals surface area contributed by atoms with Gasteiger partial charge in [-0.15, -0.1) is 0 Å². The van der Waals surface area contributed by atoms with E-state index in [0.29, 0.717) is 10.2 Å². The van der Waals surface area contributed by atoms with Crippen LogP contribution in [0.4, 0.5) is 8.78 Å². The molecule has 0 saturated carbocycles. The van der Waals surface area contributed by atoms with E-state index in [-0.39, 0.29) is 11.3 Å². The molecule has 0 aliphatic carbocycles. The first kappa shape index (κ1) is 11.2. The van der Waals surface area contributed by atoms with Crippen LogP contribution in [0.1, 0.15) is 12.0 Å². The van der Waals surface area contributed by atoms with E-state index in [1.54, 1.807) is 0 Å². The molecule has 0 aromatic heterocycles. The second-order valence-corrected chi connectivity index (χ2v) is 3.39. The highest BCUT2D eigenvalue weighted by atomic mass is 79.9. The van der Waals surface area contributed by atoms with Gasteiger partial charge in [-0.05, 0) is 28.1 Å². The second kappa shape index (κ2) is 4.59. The summed E-state index contributed by atoms with van der Waals surface area (Å²) < 4.78 is 35.1. The molecule has 2 nitrogen and oxygen atoms in total. The Hall–Kier alpha value is -0.840. The van der Waals surface area contributed by atoms with Gasteiger partial charge in [0, 0.05) is 5.56 Å². The molecule has 0 radical (unpaired) electrons. The van der Waals surface area contributed by atoms with Gasteiger partial charge in [-0.1, -0.05) is 0 Å². The normalized spacial score (nSPS) is 10.4. The molecule has 14 heavy (non-hydrogen) atoms. The third-order valence-electron chi connectivity index (χ3n) is 1.71. The lowest BCUT2D eigenvalue weighted by Gasteiger charge is -2.11. The van der Waals surface area contributed by atoms with Gasteiger partial charge in [0.2, 0.25) is 0 Å². The standard InChI is InChI=1S/C9H9BrF2O2/c1-13-7-4-5(9(11)12)3-6(10)8(7)14-2/h3-4,9H,1-2H3. The maximum atomic E-state index is 12.4. The Kier molecular flexibility index (Phi) is 3.69. The van der Waals surface area contributed by atoms with Crippen LogP contribution in [-0.4, -0.2) is 14.2 Å². The van der Waals surface area contributed by atoms with E-state index in [1.165, 1.54) is 26.4 Å². The molecular formula is C9H9BrF2O2. The van der Waals surface area contributed by atoms with Crippen molar-refractivity contribution >= 4 is 15.9 Å². The summed E-state index contributed by atoms with van der Waals surface area (Å²) in [5.41, 5.74) is -0.102. The van der Waals surface area contributed by atoms with Crippen molar-refractivity contribution in [1.82, 2.24) is 0 Å². The number of rotatable bonds is 3. The van der Waals surface area contributed by atoms with Crippen molar-refractivity contribution in [3.63, 3.8) is 0 Å². The highest BCUT2D eigenvalue weighted by Gasteiger charge is 2.15. The summed E-state index contributed by atoms with van der Waals surface area (Å²) in [6.07, 6.45) is -2.52. The van der Waals surface area contributed by atoms with E-state index in [4.69, 9.17) is 9.47 Å². The Bertz CT molecular complexity index is 329. The third kappa shape index (κ3) is 2.15. The third-order valence-corrected chi connectivity index (χ3v) is 2.30. The van der Waals surface area contributed by atoms with Crippen LogP contribution in [0.25, 0.3) is 0 Å². The minimum Gasteiger partial charge on any atom is -0.493 e. The quantitative estimate of drug-likeness (QED) is 0.835. The molecule has 0 heterocycles. The van der Waals surface area contributed by atoms with Crippen molar-refractivity contribution < 1.29 is 18.3 Å². The van der Waals surface area contributed by atoms with Gasteiger partial charge in [-0.25, -0.2) is 8.78 Å². The molecule has 0 atom stereocenters. The maximum Gasteiger partial charge on any atom is 0.264 e. The Morgan fingerprint density at radius 1 is 1.21 bits per heavy atom. The van der Waals surface area contributed by atoms with Crippen molar-refractivity contribution in [3.05, 3.63) is 22.2 Å². The lowest BCUT2D eigenvalue weighted by Crippen LogP contribution is -1.94. The van der Waals surface area contributed by atoms with Gasteiger partial charge < -0.3 is 9.47 Å². The zero-order valence-electron chi connectivity index (χ0n) is 7.68. The van der Waals surface area contributed by atoms with Gasteiger partial charge in [0.1, 0.15) is 0 Å². The summed E-state index contributed by atoms with van der Waals surface area (Å²) >= 11 is 3.13. The maximum absolute atomic E-state index is 12.4. The van der Waals surface area contributed by atoms with Crippen LogP contribution in [0.15, 0.2) is 16.6 Å². The average molecular weight is 267 g/mol. The summed E-state index contributed by atoms with van der Waals surface area (Å²) in [4.78, 5) is 0. The number of hydrogen-bond donors (Lipinski definition) is 0. The Morgan fingerprint density at radius 3 is 2.29 bits per heavy atom. The molecule has 0 spiro atoms. The van der Waals surface area contributed by atoms with Crippen molar-refractivity contribution in [2.75, 3.05) is 14.2 Å². The fraction of sp³-hybridized carbons (Fsp3) is 0.333. The number of halogens is 3. The molecule has 1 aromatic rings. The molecule has 0 aliphatic rings. The summed E-state index contributed by atoms with van der Waals surface area (Å²) in [5, 5.41) is 0. The Labute approximate surface area is 89.0 Å². The number of hydrogen-bond acceptors (Lipinski definition) is 2. The number of alkyl halides is 2. The van der Waals surface area contributed by atoms with E-state index >= 15 is 0 Å². The Balaban J connectivity index is 3.24. The fourth-order valence-corrected chi connectivity index (χ4v) is 1.69. The van der Waals surface area contributed by atoms with Gasteiger partial charge in [-0.2, -0.15) is 0 Å². The minimum atomic E-state index is -2.52. The molecule has 78 valence electrons. The van der Waals surface area contributed by atoms with E-state index < -0.39 is 6.43 Å². The molecule has 1 aromatic carbocycles. The predicted octanol–water partition coefficient (Wildman–Crippen LogP) is 3.40. The predicted molar refractivity (Wildman–Crippen MR) is 52.2 cm³/mol. The fourth-order valence-electron chi connectivity index (χ4n) is 1.06. The minimum absolute atomic E-state index is 0.102. The largest absolute Gasteiger partial charge is 0.493 e. The van der Waals surface area contributed by atoms with Crippen molar-refractivity contribution in [1.29, 1.82) is 0 Å².